The molecule has 0 saturated carbocycles. The van der Waals surface area contributed by atoms with Crippen molar-refractivity contribution in [2.45, 2.75) is 23.5 Å². The summed E-state index contributed by atoms with van der Waals surface area (Å²) in [7, 11) is 0. The third-order valence-corrected chi connectivity index (χ3v) is 6.96. The number of ether oxygens (including phenoxy) is 1. The highest BCUT2D eigenvalue weighted by Gasteiger charge is 2.26. The van der Waals surface area contributed by atoms with Crippen LogP contribution in [0.3, 0.4) is 0 Å². The summed E-state index contributed by atoms with van der Waals surface area (Å²) in [6.07, 6.45) is 0.814. The van der Waals surface area contributed by atoms with Crippen LogP contribution in [0.5, 0.6) is 0 Å². The summed E-state index contributed by atoms with van der Waals surface area (Å²) in [4.78, 5) is 31.5. The molecule has 148 valence electrons. The lowest BCUT2D eigenvalue weighted by atomic mass is 10.2. The van der Waals surface area contributed by atoms with E-state index < -0.39 is 12.6 Å². The standard InChI is InChI=1S/C18H14Cl4N2O3S/c1-9-6-7-24(10-4-2-3-5-11(10)28-9)12(25)8-27-18(26)16-14(20)13(19)15(21)17(22)23-16/h2-5,9H,6-8H2,1H3. The van der Waals surface area contributed by atoms with Crippen LogP contribution < -0.4 is 4.90 Å². The molecule has 0 N–H and O–H groups in total. The number of amides is 1. The largest absolute Gasteiger partial charge is 0.451 e. The average Bonchev–Trinajstić information content (AvgIpc) is 2.85. The van der Waals surface area contributed by atoms with Crippen molar-refractivity contribution < 1.29 is 14.3 Å². The molecule has 0 aliphatic carbocycles. The monoisotopic (exact) mass is 478 g/mol. The smallest absolute Gasteiger partial charge is 0.359 e. The Labute approximate surface area is 186 Å². The zero-order chi connectivity index (χ0) is 20.4. The average molecular weight is 480 g/mol. The van der Waals surface area contributed by atoms with Crippen LogP contribution in [0.4, 0.5) is 5.69 Å². The molecule has 1 amide bonds. The molecule has 28 heavy (non-hydrogen) atoms. The lowest BCUT2D eigenvalue weighted by Crippen LogP contribution is -2.36. The van der Waals surface area contributed by atoms with Crippen LogP contribution in [0, 0.1) is 0 Å². The van der Waals surface area contributed by atoms with Gasteiger partial charge in [-0.25, -0.2) is 9.78 Å². The zero-order valence-corrected chi connectivity index (χ0v) is 18.4. The summed E-state index contributed by atoms with van der Waals surface area (Å²) in [5.74, 6) is -1.26. The summed E-state index contributed by atoms with van der Waals surface area (Å²) >= 11 is 25.3. The van der Waals surface area contributed by atoms with Crippen molar-refractivity contribution in [3.05, 3.63) is 50.2 Å². The Kier molecular flexibility index (Phi) is 6.99. The number of thioether (sulfide) groups is 1. The van der Waals surface area contributed by atoms with E-state index in [4.69, 9.17) is 51.1 Å². The molecule has 0 bridgehead atoms. The summed E-state index contributed by atoms with van der Waals surface area (Å²) in [6.45, 7) is 2.17. The van der Waals surface area contributed by atoms with Crippen LogP contribution in [0.2, 0.25) is 20.2 Å². The van der Waals surface area contributed by atoms with Gasteiger partial charge in [-0.2, -0.15) is 0 Å². The molecule has 1 aromatic carbocycles. The maximum Gasteiger partial charge on any atom is 0.359 e. The number of aromatic nitrogens is 1. The highest BCUT2D eigenvalue weighted by Crippen LogP contribution is 2.38. The van der Waals surface area contributed by atoms with E-state index in [1.807, 2.05) is 24.3 Å². The van der Waals surface area contributed by atoms with E-state index in [-0.39, 0.29) is 31.8 Å². The molecule has 1 unspecified atom stereocenters. The molecule has 2 heterocycles. The van der Waals surface area contributed by atoms with Crippen LogP contribution in [-0.4, -0.2) is 35.3 Å². The Bertz CT molecular complexity index is 941. The van der Waals surface area contributed by atoms with E-state index in [0.29, 0.717) is 11.8 Å². The Morgan fingerprint density at radius 2 is 1.89 bits per heavy atom. The third kappa shape index (κ3) is 4.52. The van der Waals surface area contributed by atoms with Crippen molar-refractivity contribution in [3.63, 3.8) is 0 Å². The lowest BCUT2D eigenvalue weighted by molar-refractivity contribution is -0.121. The SMILES string of the molecule is CC1CCN(C(=O)COC(=O)c2nc(Cl)c(Cl)c(Cl)c2Cl)c2ccccc2S1. The molecule has 0 radical (unpaired) electrons. The topological polar surface area (TPSA) is 59.5 Å². The molecule has 10 heteroatoms. The van der Waals surface area contributed by atoms with E-state index in [1.165, 1.54) is 0 Å². The summed E-state index contributed by atoms with van der Waals surface area (Å²) < 4.78 is 5.11. The van der Waals surface area contributed by atoms with Crippen molar-refractivity contribution in [2.24, 2.45) is 0 Å². The Hall–Kier alpha value is -1.18. The number of anilines is 1. The first-order valence-corrected chi connectivity index (χ1v) is 10.6. The number of nitrogens with zero attached hydrogens (tertiary/aromatic N) is 2. The predicted molar refractivity (Wildman–Crippen MR) is 113 cm³/mol. The summed E-state index contributed by atoms with van der Waals surface area (Å²) in [5, 5.41) is -0.161. The fourth-order valence-corrected chi connectivity index (χ4v) is 4.56. The molecule has 0 spiro atoms. The van der Waals surface area contributed by atoms with Crippen LogP contribution in [0.15, 0.2) is 29.2 Å². The third-order valence-electron chi connectivity index (χ3n) is 4.05. The number of rotatable bonds is 3. The molecule has 0 saturated heterocycles. The summed E-state index contributed by atoms with van der Waals surface area (Å²) in [6, 6.07) is 7.63. The van der Waals surface area contributed by atoms with Gasteiger partial charge in [0.05, 0.1) is 20.8 Å². The molecule has 1 atom stereocenters. The number of hydrogen-bond acceptors (Lipinski definition) is 5. The molecule has 0 fully saturated rings. The Morgan fingerprint density at radius 3 is 2.64 bits per heavy atom. The molecule has 3 rings (SSSR count). The van der Waals surface area contributed by atoms with E-state index in [0.717, 1.165) is 17.0 Å². The number of hydrogen-bond donors (Lipinski definition) is 0. The second-order valence-electron chi connectivity index (χ2n) is 6.00. The van der Waals surface area contributed by atoms with Gasteiger partial charge >= 0.3 is 5.97 Å². The van der Waals surface area contributed by atoms with Crippen molar-refractivity contribution in [2.75, 3.05) is 18.1 Å². The van der Waals surface area contributed by atoms with Crippen LogP contribution in [0.25, 0.3) is 0 Å². The van der Waals surface area contributed by atoms with Crippen molar-refractivity contribution in [1.29, 1.82) is 0 Å². The van der Waals surface area contributed by atoms with Gasteiger partial charge in [0.15, 0.2) is 12.3 Å². The highest BCUT2D eigenvalue weighted by molar-refractivity contribution is 8.00. The lowest BCUT2D eigenvalue weighted by Gasteiger charge is -2.22. The second kappa shape index (κ2) is 9.09. The normalized spacial score (nSPS) is 16.3. The molecular formula is C18H14Cl4N2O3S. The molecule has 2 aromatic rings. The maximum atomic E-state index is 12.7. The number of pyridine rings is 1. The van der Waals surface area contributed by atoms with Gasteiger partial charge in [-0.05, 0) is 18.6 Å². The van der Waals surface area contributed by atoms with Gasteiger partial charge in [0.1, 0.15) is 5.15 Å². The first-order chi connectivity index (χ1) is 13.3. The quantitative estimate of drug-likeness (QED) is 0.413. The van der Waals surface area contributed by atoms with Crippen LogP contribution >= 0.6 is 58.2 Å². The molecule has 1 aliphatic rings. The van der Waals surface area contributed by atoms with Gasteiger partial charge in [0, 0.05) is 16.7 Å². The van der Waals surface area contributed by atoms with Gasteiger partial charge in [-0.3, -0.25) is 4.79 Å². The summed E-state index contributed by atoms with van der Waals surface area (Å²) in [5.41, 5.74) is 0.501. The van der Waals surface area contributed by atoms with Crippen molar-refractivity contribution in [1.82, 2.24) is 4.98 Å². The fraction of sp³-hybridized carbons (Fsp3) is 0.278. The molecule has 1 aliphatic heterocycles. The van der Waals surface area contributed by atoms with Gasteiger partial charge in [-0.15, -0.1) is 11.8 Å². The first kappa shape index (κ1) is 21.5. The van der Waals surface area contributed by atoms with E-state index in [1.54, 1.807) is 16.7 Å². The predicted octanol–water partition coefficient (Wildman–Crippen LogP) is 5.77. The second-order valence-corrected chi connectivity index (χ2v) is 8.97. The van der Waals surface area contributed by atoms with Gasteiger partial charge < -0.3 is 9.64 Å². The molecule has 5 nitrogen and oxygen atoms in total. The molecule has 1 aromatic heterocycles. The number of carbonyl (C=O) groups excluding carboxylic acids is 2. The number of esters is 1. The maximum absolute atomic E-state index is 12.7. The van der Waals surface area contributed by atoms with E-state index in [9.17, 15) is 9.59 Å². The minimum atomic E-state index is -0.912. The Balaban J connectivity index is 1.75. The number of para-hydroxylation sites is 1. The molecular weight excluding hydrogens is 466 g/mol. The Morgan fingerprint density at radius 1 is 1.18 bits per heavy atom. The number of benzene rings is 1. The van der Waals surface area contributed by atoms with Gasteiger partial charge in [0.25, 0.3) is 5.91 Å². The van der Waals surface area contributed by atoms with Gasteiger partial charge in [-0.1, -0.05) is 65.5 Å². The van der Waals surface area contributed by atoms with Crippen LogP contribution in [-0.2, 0) is 9.53 Å². The van der Waals surface area contributed by atoms with Crippen molar-refractivity contribution in [3.8, 4) is 0 Å². The highest BCUT2D eigenvalue weighted by atomic mass is 35.5. The van der Waals surface area contributed by atoms with E-state index in [2.05, 4.69) is 11.9 Å². The minimum absolute atomic E-state index is 0.0613. The minimum Gasteiger partial charge on any atom is -0.451 e. The number of fused-ring (bicyclic) bond motifs is 1. The zero-order valence-electron chi connectivity index (χ0n) is 14.5. The van der Waals surface area contributed by atoms with Crippen molar-refractivity contribution >= 4 is 75.7 Å². The first-order valence-electron chi connectivity index (χ1n) is 8.22. The van der Waals surface area contributed by atoms with E-state index >= 15 is 0 Å². The number of halogens is 4. The van der Waals surface area contributed by atoms with Crippen LogP contribution in [0.1, 0.15) is 23.8 Å². The fourth-order valence-electron chi connectivity index (χ4n) is 2.64. The number of carbonyl (C=O) groups is 2. The van der Waals surface area contributed by atoms with Gasteiger partial charge in [0.2, 0.25) is 0 Å².